The SMILES string of the molecule is CC.CCC(=O)C1CCCNC1. The molecule has 1 unspecified atom stereocenters. The first-order chi connectivity index (χ1) is 5.84. The zero-order valence-corrected chi connectivity index (χ0v) is 8.52. The van der Waals surface area contributed by atoms with Crippen LogP contribution in [0.2, 0.25) is 0 Å². The highest BCUT2D eigenvalue weighted by molar-refractivity contribution is 5.80. The molecular weight excluding hydrogens is 150 g/mol. The largest absolute Gasteiger partial charge is 0.316 e. The number of piperidine rings is 1. The molecule has 2 nitrogen and oxygen atoms in total. The van der Waals surface area contributed by atoms with Crippen molar-refractivity contribution in [2.45, 2.75) is 40.0 Å². The molecule has 0 aromatic heterocycles. The number of nitrogens with one attached hydrogen (secondary N) is 1. The molecule has 0 amide bonds. The van der Waals surface area contributed by atoms with Gasteiger partial charge >= 0.3 is 0 Å². The number of ketones is 1. The standard InChI is InChI=1S/C8H15NO.C2H6/c1-2-8(10)7-4-3-5-9-6-7;1-2/h7,9H,2-6H2,1H3;1-2H3. The van der Waals surface area contributed by atoms with Gasteiger partial charge < -0.3 is 5.32 Å². The van der Waals surface area contributed by atoms with Crippen molar-refractivity contribution in [2.24, 2.45) is 5.92 Å². The van der Waals surface area contributed by atoms with Crippen LogP contribution < -0.4 is 5.32 Å². The molecule has 0 aromatic carbocycles. The van der Waals surface area contributed by atoms with Gasteiger partial charge in [0.1, 0.15) is 5.78 Å². The molecule has 12 heavy (non-hydrogen) atoms. The third-order valence-electron chi connectivity index (χ3n) is 2.10. The quantitative estimate of drug-likeness (QED) is 0.688. The maximum Gasteiger partial charge on any atom is 0.136 e. The molecule has 1 fully saturated rings. The maximum absolute atomic E-state index is 11.1. The number of carbonyl (C=O) groups is 1. The normalized spacial score (nSPS) is 22.4. The summed E-state index contributed by atoms with van der Waals surface area (Å²) >= 11 is 0. The molecule has 0 aliphatic carbocycles. The summed E-state index contributed by atoms with van der Waals surface area (Å²) in [5, 5.41) is 3.23. The molecule has 0 spiro atoms. The lowest BCUT2D eigenvalue weighted by atomic mass is 9.94. The lowest BCUT2D eigenvalue weighted by Crippen LogP contribution is -2.34. The smallest absolute Gasteiger partial charge is 0.136 e. The van der Waals surface area contributed by atoms with Gasteiger partial charge in [0.05, 0.1) is 0 Å². The van der Waals surface area contributed by atoms with Crippen LogP contribution in [0.25, 0.3) is 0 Å². The van der Waals surface area contributed by atoms with Crippen LogP contribution in [0.4, 0.5) is 0 Å². The molecule has 1 saturated heterocycles. The summed E-state index contributed by atoms with van der Waals surface area (Å²) in [5.74, 6) is 0.742. The van der Waals surface area contributed by atoms with E-state index in [4.69, 9.17) is 0 Å². The van der Waals surface area contributed by atoms with Gasteiger partial charge in [0.15, 0.2) is 0 Å². The van der Waals surface area contributed by atoms with E-state index in [1.54, 1.807) is 0 Å². The van der Waals surface area contributed by atoms with E-state index in [0.29, 0.717) is 18.1 Å². The van der Waals surface area contributed by atoms with E-state index >= 15 is 0 Å². The predicted octanol–water partition coefficient (Wildman–Crippen LogP) is 1.99. The van der Waals surface area contributed by atoms with Crippen LogP contribution >= 0.6 is 0 Å². The molecule has 0 bridgehead atoms. The van der Waals surface area contributed by atoms with Crippen molar-refractivity contribution in [1.29, 1.82) is 0 Å². The number of rotatable bonds is 2. The molecule has 1 rings (SSSR count). The third-order valence-corrected chi connectivity index (χ3v) is 2.10. The predicted molar refractivity (Wildman–Crippen MR) is 52.2 cm³/mol. The molecule has 0 aromatic rings. The van der Waals surface area contributed by atoms with Crippen molar-refractivity contribution >= 4 is 5.78 Å². The van der Waals surface area contributed by atoms with Gasteiger partial charge in [-0.2, -0.15) is 0 Å². The fourth-order valence-corrected chi connectivity index (χ4v) is 1.42. The first-order valence-corrected chi connectivity index (χ1v) is 5.08. The molecule has 2 heteroatoms. The highest BCUT2D eigenvalue weighted by atomic mass is 16.1. The van der Waals surface area contributed by atoms with Gasteiger partial charge in [-0.05, 0) is 19.4 Å². The van der Waals surface area contributed by atoms with Gasteiger partial charge in [-0.3, -0.25) is 4.79 Å². The Morgan fingerprint density at radius 2 is 2.17 bits per heavy atom. The van der Waals surface area contributed by atoms with E-state index in [2.05, 4.69) is 5.32 Å². The van der Waals surface area contributed by atoms with Crippen molar-refractivity contribution in [3.05, 3.63) is 0 Å². The summed E-state index contributed by atoms with van der Waals surface area (Å²) in [4.78, 5) is 11.1. The minimum Gasteiger partial charge on any atom is -0.316 e. The zero-order valence-electron chi connectivity index (χ0n) is 8.52. The van der Waals surface area contributed by atoms with Crippen LogP contribution in [0.15, 0.2) is 0 Å². The first kappa shape index (κ1) is 11.6. The van der Waals surface area contributed by atoms with Crippen molar-refractivity contribution in [2.75, 3.05) is 13.1 Å². The third kappa shape index (κ3) is 3.86. The fraction of sp³-hybridized carbons (Fsp3) is 0.900. The summed E-state index contributed by atoms with van der Waals surface area (Å²) in [6.45, 7) is 7.94. The highest BCUT2D eigenvalue weighted by Gasteiger charge is 2.18. The van der Waals surface area contributed by atoms with Crippen LogP contribution in [-0.2, 0) is 4.79 Å². The fourth-order valence-electron chi connectivity index (χ4n) is 1.42. The van der Waals surface area contributed by atoms with Crippen molar-refractivity contribution < 1.29 is 4.79 Å². The topological polar surface area (TPSA) is 29.1 Å². The van der Waals surface area contributed by atoms with E-state index in [1.165, 1.54) is 0 Å². The number of hydrogen-bond acceptors (Lipinski definition) is 2. The second kappa shape index (κ2) is 7.29. The lowest BCUT2D eigenvalue weighted by molar-refractivity contribution is -0.123. The Morgan fingerprint density at radius 3 is 2.58 bits per heavy atom. The molecule has 1 aliphatic rings. The Labute approximate surface area is 75.7 Å². The van der Waals surface area contributed by atoms with Crippen LogP contribution in [0, 0.1) is 5.92 Å². The summed E-state index contributed by atoms with van der Waals surface area (Å²) in [7, 11) is 0. The maximum atomic E-state index is 11.1. The second-order valence-corrected chi connectivity index (χ2v) is 2.86. The van der Waals surface area contributed by atoms with E-state index in [-0.39, 0.29) is 0 Å². The van der Waals surface area contributed by atoms with Crippen molar-refractivity contribution in [1.82, 2.24) is 5.32 Å². The van der Waals surface area contributed by atoms with Crippen LogP contribution in [-0.4, -0.2) is 18.9 Å². The molecule has 1 atom stereocenters. The summed E-state index contributed by atoms with van der Waals surface area (Å²) in [6, 6.07) is 0. The molecule has 1 N–H and O–H groups in total. The Hall–Kier alpha value is -0.370. The Bertz CT molecular complexity index is 117. The van der Waals surface area contributed by atoms with Gasteiger partial charge in [0.2, 0.25) is 0 Å². The van der Waals surface area contributed by atoms with Gasteiger partial charge in [-0.25, -0.2) is 0 Å². The van der Waals surface area contributed by atoms with Gasteiger partial charge in [-0.1, -0.05) is 20.8 Å². The summed E-state index contributed by atoms with van der Waals surface area (Å²) < 4.78 is 0. The average molecular weight is 171 g/mol. The Kier molecular flexibility index (Phi) is 7.06. The zero-order chi connectivity index (χ0) is 9.40. The Morgan fingerprint density at radius 1 is 1.50 bits per heavy atom. The molecular formula is C10H21NO. The van der Waals surface area contributed by atoms with Gasteiger partial charge in [-0.15, -0.1) is 0 Å². The summed E-state index contributed by atoms with van der Waals surface area (Å²) in [6.07, 6.45) is 2.96. The second-order valence-electron chi connectivity index (χ2n) is 2.86. The minimum atomic E-state index is 0.318. The van der Waals surface area contributed by atoms with E-state index in [0.717, 1.165) is 25.9 Å². The molecule has 72 valence electrons. The average Bonchev–Trinajstić information content (AvgIpc) is 2.21. The highest BCUT2D eigenvalue weighted by Crippen LogP contribution is 2.11. The van der Waals surface area contributed by atoms with Crippen LogP contribution in [0.1, 0.15) is 40.0 Å². The van der Waals surface area contributed by atoms with E-state index in [9.17, 15) is 4.79 Å². The number of carbonyl (C=O) groups excluding carboxylic acids is 1. The van der Waals surface area contributed by atoms with Crippen molar-refractivity contribution in [3.8, 4) is 0 Å². The summed E-state index contributed by atoms with van der Waals surface area (Å²) in [5.41, 5.74) is 0. The minimum absolute atomic E-state index is 0.318. The number of hydrogen-bond donors (Lipinski definition) is 1. The van der Waals surface area contributed by atoms with E-state index < -0.39 is 0 Å². The first-order valence-electron chi connectivity index (χ1n) is 5.08. The monoisotopic (exact) mass is 171 g/mol. The molecule has 1 aliphatic heterocycles. The van der Waals surface area contributed by atoms with E-state index in [1.807, 2.05) is 20.8 Å². The lowest BCUT2D eigenvalue weighted by Gasteiger charge is -2.20. The Balaban J connectivity index is 0.000000561. The van der Waals surface area contributed by atoms with Gasteiger partial charge in [0.25, 0.3) is 0 Å². The number of Topliss-reactive ketones (excluding diaryl/α,β-unsaturated/α-hetero) is 1. The van der Waals surface area contributed by atoms with Crippen molar-refractivity contribution in [3.63, 3.8) is 0 Å². The molecule has 0 radical (unpaired) electrons. The van der Waals surface area contributed by atoms with Gasteiger partial charge in [0, 0.05) is 18.9 Å². The molecule has 0 saturated carbocycles. The van der Waals surface area contributed by atoms with Crippen LogP contribution in [0.3, 0.4) is 0 Å². The molecule has 1 heterocycles. The van der Waals surface area contributed by atoms with Crippen LogP contribution in [0.5, 0.6) is 0 Å².